The first-order valence-electron chi connectivity index (χ1n) is 5.90. The number of aromatic nitrogens is 2. The van der Waals surface area contributed by atoms with Gasteiger partial charge >= 0.3 is 0 Å². The van der Waals surface area contributed by atoms with Crippen LogP contribution in [0.1, 0.15) is 5.69 Å². The molecule has 0 radical (unpaired) electrons. The third-order valence-corrected chi connectivity index (χ3v) is 2.99. The number of hydrogen-bond donors (Lipinski definition) is 2. The number of nitrogen functional groups attached to an aromatic ring is 1. The summed E-state index contributed by atoms with van der Waals surface area (Å²) in [4.78, 5) is 12.9. The topological polar surface area (TPSA) is 78.5 Å². The molecule has 0 unspecified atom stereocenters. The van der Waals surface area contributed by atoms with Gasteiger partial charge in [0.2, 0.25) is 0 Å². The molecule has 2 rings (SSSR count). The molecule has 6 nitrogen and oxygen atoms in total. The van der Waals surface area contributed by atoms with Gasteiger partial charge in [-0.3, -0.25) is 14.8 Å². The normalized spacial score (nSPS) is 18.4. The summed E-state index contributed by atoms with van der Waals surface area (Å²) in [5.74, 6) is 0.460. The van der Waals surface area contributed by atoms with Gasteiger partial charge in [-0.15, -0.1) is 0 Å². The summed E-state index contributed by atoms with van der Waals surface area (Å²) >= 11 is 0. The fraction of sp³-hybridized carbons (Fsp3) is 0.636. The van der Waals surface area contributed by atoms with Gasteiger partial charge < -0.3 is 10.8 Å². The molecule has 1 aromatic heterocycles. The molecule has 6 heteroatoms. The van der Waals surface area contributed by atoms with E-state index in [-0.39, 0.29) is 6.61 Å². The van der Waals surface area contributed by atoms with E-state index >= 15 is 0 Å². The maximum atomic E-state index is 8.86. The van der Waals surface area contributed by atoms with E-state index in [0.717, 1.165) is 45.0 Å². The van der Waals surface area contributed by atoms with Crippen molar-refractivity contribution in [2.45, 2.75) is 6.54 Å². The molecule has 1 aliphatic rings. The summed E-state index contributed by atoms with van der Waals surface area (Å²) in [6, 6.07) is 0. The van der Waals surface area contributed by atoms with E-state index in [1.807, 2.05) is 0 Å². The van der Waals surface area contributed by atoms with Gasteiger partial charge in [0.25, 0.3) is 0 Å². The molecule has 3 N–H and O–H groups in total. The number of aliphatic hydroxyl groups excluding tert-OH is 1. The minimum absolute atomic E-state index is 0.240. The Labute approximate surface area is 101 Å². The Kier molecular flexibility index (Phi) is 4.24. The molecule has 0 atom stereocenters. The van der Waals surface area contributed by atoms with Crippen molar-refractivity contribution in [3.8, 4) is 0 Å². The zero-order valence-electron chi connectivity index (χ0n) is 9.92. The monoisotopic (exact) mass is 237 g/mol. The molecule has 0 bridgehead atoms. The van der Waals surface area contributed by atoms with Crippen molar-refractivity contribution in [3.63, 3.8) is 0 Å². The standard InChI is InChI=1S/C11H19N5O/c12-11-8-13-10(7-14-11)9-16-3-1-15(2-4-16)5-6-17/h7-8,17H,1-6,9H2,(H2,12,14). The van der Waals surface area contributed by atoms with Crippen molar-refractivity contribution in [2.24, 2.45) is 0 Å². The number of β-amino-alcohol motifs (C(OH)–C–C–N with tert-alkyl or cyclic N) is 1. The van der Waals surface area contributed by atoms with E-state index in [0.29, 0.717) is 5.82 Å². The van der Waals surface area contributed by atoms with Gasteiger partial charge in [0.1, 0.15) is 5.82 Å². The van der Waals surface area contributed by atoms with Crippen LogP contribution < -0.4 is 5.73 Å². The van der Waals surface area contributed by atoms with Crippen LogP contribution in [0.25, 0.3) is 0 Å². The Bertz CT molecular complexity index is 334. The van der Waals surface area contributed by atoms with E-state index in [4.69, 9.17) is 10.8 Å². The van der Waals surface area contributed by atoms with Crippen LogP contribution in [-0.2, 0) is 6.54 Å². The third-order valence-electron chi connectivity index (χ3n) is 2.99. The van der Waals surface area contributed by atoms with E-state index in [1.54, 1.807) is 12.4 Å². The second-order valence-corrected chi connectivity index (χ2v) is 4.27. The Morgan fingerprint density at radius 2 is 1.82 bits per heavy atom. The highest BCUT2D eigenvalue weighted by Gasteiger charge is 2.16. The van der Waals surface area contributed by atoms with Crippen molar-refractivity contribution in [1.82, 2.24) is 19.8 Å². The summed E-state index contributed by atoms with van der Waals surface area (Å²) in [6.45, 7) is 5.85. The Balaban J connectivity index is 1.79. The molecule has 0 spiro atoms. The van der Waals surface area contributed by atoms with Crippen LogP contribution in [0, 0.1) is 0 Å². The largest absolute Gasteiger partial charge is 0.395 e. The van der Waals surface area contributed by atoms with E-state index in [2.05, 4.69) is 19.8 Å². The van der Waals surface area contributed by atoms with Crippen molar-refractivity contribution in [2.75, 3.05) is 45.1 Å². The molecule has 17 heavy (non-hydrogen) atoms. The zero-order valence-corrected chi connectivity index (χ0v) is 9.92. The lowest BCUT2D eigenvalue weighted by molar-refractivity contribution is 0.107. The molecule has 1 aromatic rings. The van der Waals surface area contributed by atoms with E-state index < -0.39 is 0 Å². The second-order valence-electron chi connectivity index (χ2n) is 4.27. The molecular formula is C11H19N5O. The summed E-state index contributed by atoms with van der Waals surface area (Å²) in [5.41, 5.74) is 6.45. The van der Waals surface area contributed by atoms with Gasteiger partial charge in [-0.25, -0.2) is 4.98 Å². The van der Waals surface area contributed by atoms with Crippen LogP contribution in [0.3, 0.4) is 0 Å². The van der Waals surface area contributed by atoms with E-state index in [9.17, 15) is 0 Å². The molecule has 1 fully saturated rings. The van der Waals surface area contributed by atoms with Crippen LogP contribution in [0.2, 0.25) is 0 Å². The zero-order chi connectivity index (χ0) is 12.1. The Hall–Kier alpha value is -1.24. The smallest absolute Gasteiger partial charge is 0.141 e. The molecule has 0 aliphatic carbocycles. The first kappa shape index (κ1) is 12.2. The number of nitrogens with zero attached hydrogens (tertiary/aromatic N) is 4. The maximum absolute atomic E-state index is 8.86. The molecule has 0 aromatic carbocycles. The van der Waals surface area contributed by atoms with Gasteiger partial charge in [-0.1, -0.05) is 0 Å². The van der Waals surface area contributed by atoms with Crippen molar-refractivity contribution >= 4 is 5.82 Å². The van der Waals surface area contributed by atoms with Crippen LogP contribution in [0.4, 0.5) is 5.82 Å². The first-order valence-corrected chi connectivity index (χ1v) is 5.90. The average Bonchev–Trinajstić information content (AvgIpc) is 2.35. The summed E-state index contributed by atoms with van der Waals surface area (Å²) in [5, 5.41) is 8.86. The fourth-order valence-electron chi connectivity index (χ4n) is 1.99. The van der Waals surface area contributed by atoms with Crippen molar-refractivity contribution in [3.05, 3.63) is 18.1 Å². The van der Waals surface area contributed by atoms with Gasteiger partial charge in [0, 0.05) is 39.3 Å². The third kappa shape index (κ3) is 3.62. The number of piperazine rings is 1. The second kappa shape index (κ2) is 5.90. The molecular weight excluding hydrogens is 218 g/mol. The van der Waals surface area contributed by atoms with Crippen molar-refractivity contribution in [1.29, 1.82) is 0 Å². The average molecular weight is 237 g/mol. The minimum Gasteiger partial charge on any atom is -0.395 e. The van der Waals surface area contributed by atoms with Crippen LogP contribution in [-0.4, -0.2) is 64.2 Å². The highest BCUT2D eigenvalue weighted by molar-refractivity contribution is 5.22. The number of rotatable bonds is 4. The SMILES string of the molecule is Nc1cnc(CN2CCN(CCO)CC2)cn1. The number of aliphatic hydroxyl groups is 1. The van der Waals surface area contributed by atoms with Gasteiger partial charge in [0.05, 0.1) is 24.7 Å². The fourth-order valence-corrected chi connectivity index (χ4v) is 1.99. The molecule has 1 saturated heterocycles. The lowest BCUT2D eigenvalue weighted by atomic mass is 10.3. The number of anilines is 1. The lowest BCUT2D eigenvalue weighted by Crippen LogP contribution is -2.46. The summed E-state index contributed by atoms with van der Waals surface area (Å²) in [7, 11) is 0. The quantitative estimate of drug-likeness (QED) is 0.711. The summed E-state index contributed by atoms with van der Waals surface area (Å²) in [6.07, 6.45) is 3.33. The van der Waals surface area contributed by atoms with Crippen LogP contribution in [0.5, 0.6) is 0 Å². The highest BCUT2D eigenvalue weighted by Crippen LogP contribution is 2.06. The predicted octanol–water partition coefficient (Wildman–Crippen LogP) is -0.831. The van der Waals surface area contributed by atoms with Crippen molar-refractivity contribution < 1.29 is 5.11 Å². The van der Waals surface area contributed by atoms with Crippen LogP contribution in [0.15, 0.2) is 12.4 Å². The maximum Gasteiger partial charge on any atom is 0.141 e. The Morgan fingerprint density at radius 3 is 2.41 bits per heavy atom. The van der Waals surface area contributed by atoms with Gasteiger partial charge in [-0.2, -0.15) is 0 Å². The molecule has 0 amide bonds. The minimum atomic E-state index is 0.240. The Morgan fingerprint density at radius 1 is 1.12 bits per heavy atom. The summed E-state index contributed by atoms with van der Waals surface area (Å²) < 4.78 is 0. The molecule has 0 saturated carbocycles. The van der Waals surface area contributed by atoms with Gasteiger partial charge in [0.15, 0.2) is 0 Å². The van der Waals surface area contributed by atoms with Crippen LogP contribution >= 0.6 is 0 Å². The molecule has 2 heterocycles. The van der Waals surface area contributed by atoms with E-state index in [1.165, 1.54) is 0 Å². The number of hydrogen-bond acceptors (Lipinski definition) is 6. The predicted molar refractivity (Wildman–Crippen MR) is 65.2 cm³/mol. The lowest BCUT2D eigenvalue weighted by Gasteiger charge is -2.33. The van der Waals surface area contributed by atoms with Gasteiger partial charge in [-0.05, 0) is 0 Å². The molecule has 1 aliphatic heterocycles. The molecule has 94 valence electrons. The number of nitrogens with two attached hydrogens (primary N) is 1. The first-order chi connectivity index (χ1) is 8.28. The highest BCUT2D eigenvalue weighted by atomic mass is 16.3.